The molecule has 1 rings (SSSR count). The largest absolute Gasteiger partial charge is 0.396 e. The quantitative estimate of drug-likeness (QED) is 0.672. The van der Waals surface area contributed by atoms with Crippen molar-refractivity contribution < 1.29 is 5.11 Å². The van der Waals surface area contributed by atoms with E-state index in [1.807, 2.05) is 42.1 Å². The van der Waals surface area contributed by atoms with Gasteiger partial charge in [-0.25, -0.2) is 0 Å². The van der Waals surface area contributed by atoms with Crippen LogP contribution in [0.25, 0.3) is 0 Å². The Kier molecular flexibility index (Phi) is 8.32. The fourth-order valence-electron chi connectivity index (χ4n) is 1.66. The molecule has 0 aromatic heterocycles. The van der Waals surface area contributed by atoms with Gasteiger partial charge in [-0.1, -0.05) is 30.3 Å². The Morgan fingerprint density at radius 1 is 1.28 bits per heavy atom. The minimum atomic E-state index is 0.120. The summed E-state index contributed by atoms with van der Waals surface area (Å²) in [5.74, 6) is 2.00. The number of aliphatic hydroxyl groups excluding tert-OH is 1. The Morgan fingerprint density at radius 3 is 2.72 bits per heavy atom. The number of hydrogen-bond acceptors (Lipinski definition) is 4. The van der Waals surface area contributed by atoms with E-state index in [2.05, 4.69) is 11.4 Å². The highest BCUT2D eigenvalue weighted by Crippen LogP contribution is 2.15. The molecule has 0 radical (unpaired) electrons. The van der Waals surface area contributed by atoms with Gasteiger partial charge in [-0.3, -0.25) is 0 Å². The maximum atomic E-state index is 8.85. The number of rotatable bonds is 9. The molecule has 4 heteroatoms. The average Bonchev–Trinajstić information content (AvgIpc) is 2.42. The highest BCUT2D eigenvalue weighted by molar-refractivity contribution is 7.99. The first-order valence-electron chi connectivity index (χ1n) is 6.22. The molecular formula is C14H20N2OS. The van der Waals surface area contributed by atoms with Crippen molar-refractivity contribution in [1.82, 2.24) is 5.32 Å². The molecule has 0 saturated carbocycles. The van der Waals surface area contributed by atoms with Crippen molar-refractivity contribution in [3.05, 3.63) is 35.9 Å². The lowest BCUT2D eigenvalue weighted by molar-refractivity contribution is 0.296. The Balaban J connectivity index is 2.29. The normalized spacial score (nSPS) is 12.0. The molecule has 0 aliphatic carbocycles. The Bertz CT molecular complexity index is 351. The molecule has 0 spiro atoms. The highest BCUT2D eigenvalue weighted by Gasteiger charge is 2.09. The molecule has 98 valence electrons. The van der Waals surface area contributed by atoms with E-state index in [1.54, 1.807) is 0 Å². The summed E-state index contributed by atoms with van der Waals surface area (Å²) in [6, 6.07) is 12.4. The zero-order valence-electron chi connectivity index (χ0n) is 10.5. The molecule has 0 heterocycles. The van der Waals surface area contributed by atoms with Crippen LogP contribution in [0.5, 0.6) is 0 Å². The highest BCUT2D eigenvalue weighted by atomic mass is 32.2. The molecule has 2 N–H and O–H groups in total. The summed E-state index contributed by atoms with van der Waals surface area (Å²) in [7, 11) is 0. The second kappa shape index (κ2) is 9.95. The van der Waals surface area contributed by atoms with Gasteiger partial charge in [0.25, 0.3) is 0 Å². The van der Waals surface area contributed by atoms with Crippen molar-refractivity contribution in [3.8, 4) is 6.07 Å². The van der Waals surface area contributed by atoms with Crippen LogP contribution in [0.2, 0.25) is 0 Å². The van der Waals surface area contributed by atoms with Gasteiger partial charge in [-0.15, -0.1) is 0 Å². The zero-order valence-corrected chi connectivity index (χ0v) is 11.3. The molecule has 1 atom stereocenters. The third-order valence-corrected chi connectivity index (χ3v) is 3.65. The van der Waals surface area contributed by atoms with E-state index in [4.69, 9.17) is 10.4 Å². The lowest BCUT2D eigenvalue weighted by Gasteiger charge is -2.16. The van der Waals surface area contributed by atoms with E-state index >= 15 is 0 Å². The fraction of sp³-hybridized carbons (Fsp3) is 0.500. The van der Waals surface area contributed by atoms with Gasteiger partial charge in [0, 0.05) is 24.9 Å². The summed E-state index contributed by atoms with van der Waals surface area (Å²) in [6.45, 7) is 1.15. The molecule has 0 bridgehead atoms. The standard InChI is InChI=1S/C14H20N2OS/c15-8-7-14(13-5-2-1-3-6-13)16-9-12-18-11-4-10-17/h1-3,5-6,14,16-17H,4,7,9-12H2. The average molecular weight is 264 g/mol. The summed E-state index contributed by atoms with van der Waals surface area (Å²) < 4.78 is 0. The van der Waals surface area contributed by atoms with Crippen LogP contribution in [-0.4, -0.2) is 29.8 Å². The number of nitriles is 1. The lowest BCUT2D eigenvalue weighted by atomic mass is 10.0. The SMILES string of the molecule is N#CCC(NCCSCCCO)c1ccccc1. The van der Waals surface area contributed by atoms with E-state index < -0.39 is 0 Å². The zero-order chi connectivity index (χ0) is 13.1. The molecular weight excluding hydrogens is 244 g/mol. The minimum Gasteiger partial charge on any atom is -0.396 e. The molecule has 1 aromatic carbocycles. The molecule has 3 nitrogen and oxygen atoms in total. The molecule has 1 unspecified atom stereocenters. The number of nitrogens with zero attached hydrogens (tertiary/aromatic N) is 1. The summed E-state index contributed by atoms with van der Waals surface area (Å²) >= 11 is 1.83. The van der Waals surface area contributed by atoms with Gasteiger partial charge in [-0.05, 0) is 17.7 Å². The van der Waals surface area contributed by atoms with Crippen molar-refractivity contribution in [2.45, 2.75) is 18.9 Å². The first-order chi connectivity index (χ1) is 8.88. The first-order valence-corrected chi connectivity index (χ1v) is 7.38. The number of hydrogen-bond donors (Lipinski definition) is 2. The monoisotopic (exact) mass is 264 g/mol. The van der Waals surface area contributed by atoms with Crippen molar-refractivity contribution in [1.29, 1.82) is 5.26 Å². The van der Waals surface area contributed by atoms with Gasteiger partial charge in [0.05, 0.1) is 12.5 Å². The maximum Gasteiger partial charge on any atom is 0.0641 e. The molecule has 0 saturated heterocycles. The maximum absolute atomic E-state index is 8.85. The molecule has 0 aliphatic rings. The summed E-state index contributed by atoms with van der Waals surface area (Å²) in [5, 5.41) is 20.9. The Morgan fingerprint density at radius 2 is 2.06 bits per heavy atom. The second-order valence-electron chi connectivity index (χ2n) is 3.97. The van der Waals surface area contributed by atoms with Crippen molar-refractivity contribution in [2.24, 2.45) is 0 Å². The van der Waals surface area contributed by atoms with Crippen LogP contribution >= 0.6 is 11.8 Å². The Hall–Kier alpha value is -1.02. The summed E-state index contributed by atoms with van der Waals surface area (Å²) in [6.07, 6.45) is 1.34. The van der Waals surface area contributed by atoms with E-state index in [9.17, 15) is 0 Å². The molecule has 0 fully saturated rings. The van der Waals surface area contributed by atoms with Crippen molar-refractivity contribution in [3.63, 3.8) is 0 Å². The second-order valence-corrected chi connectivity index (χ2v) is 5.19. The number of nitrogens with one attached hydrogen (secondary N) is 1. The first kappa shape index (κ1) is 15.0. The van der Waals surface area contributed by atoms with Gasteiger partial charge in [-0.2, -0.15) is 17.0 Å². The van der Waals surface area contributed by atoms with Gasteiger partial charge >= 0.3 is 0 Å². The molecule has 0 aliphatic heterocycles. The van der Waals surface area contributed by atoms with Crippen LogP contribution in [0.4, 0.5) is 0 Å². The number of aliphatic hydroxyl groups is 1. The number of thioether (sulfide) groups is 1. The van der Waals surface area contributed by atoms with E-state index in [0.717, 1.165) is 24.5 Å². The topological polar surface area (TPSA) is 56.0 Å². The van der Waals surface area contributed by atoms with Gasteiger partial charge in [0.15, 0.2) is 0 Å². The Labute approximate surface area is 113 Å². The van der Waals surface area contributed by atoms with Crippen LogP contribution in [0.1, 0.15) is 24.4 Å². The predicted molar refractivity (Wildman–Crippen MR) is 76.4 cm³/mol. The van der Waals surface area contributed by atoms with Gasteiger partial charge in [0.2, 0.25) is 0 Å². The lowest BCUT2D eigenvalue weighted by Crippen LogP contribution is -2.23. The van der Waals surface area contributed by atoms with E-state index in [-0.39, 0.29) is 12.6 Å². The third-order valence-electron chi connectivity index (χ3n) is 2.58. The predicted octanol–water partition coefficient (Wildman–Crippen LogP) is 2.35. The number of benzene rings is 1. The summed E-state index contributed by atoms with van der Waals surface area (Å²) in [5.41, 5.74) is 1.17. The van der Waals surface area contributed by atoms with Crippen LogP contribution in [0.3, 0.4) is 0 Å². The van der Waals surface area contributed by atoms with E-state index in [1.165, 1.54) is 5.56 Å². The van der Waals surface area contributed by atoms with Crippen molar-refractivity contribution >= 4 is 11.8 Å². The molecule has 1 aromatic rings. The molecule has 0 amide bonds. The van der Waals surface area contributed by atoms with Crippen LogP contribution in [0, 0.1) is 11.3 Å². The van der Waals surface area contributed by atoms with Crippen LogP contribution in [-0.2, 0) is 0 Å². The fourth-order valence-corrected chi connectivity index (χ4v) is 2.46. The van der Waals surface area contributed by atoms with E-state index in [0.29, 0.717) is 6.42 Å². The van der Waals surface area contributed by atoms with Crippen LogP contribution < -0.4 is 5.32 Å². The third kappa shape index (κ3) is 6.06. The van der Waals surface area contributed by atoms with Crippen LogP contribution in [0.15, 0.2) is 30.3 Å². The minimum absolute atomic E-state index is 0.120. The van der Waals surface area contributed by atoms with Crippen molar-refractivity contribution in [2.75, 3.05) is 24.7 Å². The molecule has 18 heavy (non-hydrogen) atoms. The van der Waals surface area contributed by atoms with Gasteiger partial charge in [0.1, 0.15) is 0 Å². The van der Waals surface area contributed by atoms with Gasteiger partial charge < -0.3 is 10.4 Å². The summed E-state index contributed by atoms with van der Waals surface area (Å²) in [4.78, 5) is 0. The smallest absolute Gasteiger partial charge is 0.0641 e.